The molecule has 0 radical (unpaired) electrons. The molecular formula is C13H13N5. The topological polar surface area (TPSA) is 77.4 Å². The van der Waals surface area contributed by atoms with Gasteiger partial charge in [0.15, 0.2) is 0 Å². The van der Waals surface area contributed by atoms with Gasteiger partial charge in [0.25, 0.3) is 0 Å². The number of hydrogen-bond acceptors (Lipinski definition) is 4. The molecule has 2 aromatic rings. The van der Waals surface area contributed by atoms with Gasteiger partial charge in [-0.2, -0.15) is 10.5 Å². The van der Waals surface area contributed by atoms with E-state index in [4.69, 9.17) is 10.5 Å². The van der Waals surface area contributed by atoms with Crippen molar-refractivity contribution in [1.29, 1.82) is 10.5 Å². The van der Waals surface area contributed by atoms with Crippen molar-refractivity contribution >= 4 is 11.0 Å². The Morgan fingerprint density at radius 2 is 2.17 bits per heavy atom. The van der Waals surface area contributed by atoms with Gasteiger partial charge in [-0.25, -0.2) is 4.98 Å². The Balaban J connectivity index is 2.49. The van der Waals surface area contributed by atoms with Crippen LogP contribution in [-0.2, 0) is 13.0 Å². The summed E-state index contributed by atoms with van der Waals surface area (Å²) in [6, 6.07) is 11.7. The first-order chi connectivity index (χ1) is 8.80. The van der Waals surface area contributed by atoms with E-state index in [1.54, 1.807) is 7.05 Å². The van der Waals surface area contributed by atoms with Crippen LogP contribution in [0.4, 0.5) is 0 Å². The smallest absolute Gasteiger partial charge is 0.124 e. The maximum absolute atomic E-state index is 9.01. The van der Waals surface area contributed by atoms with Crippen LogP contribution in [0.2, 0.25) is 0 Å². The minimum Gasteiger partial charge on any atom is -0.324 e. The summed E-state index contributed by atoms with van der Waals surface area (Å²) in [5, 5.41) is 20.8. The zero-order valence-electron chi connectivity index (χ0n) is 10.1. The van der Waals surface area contributed by atoms with Crippen LogP contribution >= 0.6 is 0 Å². The Hall–Kier alpha value is -2.37. The van der Waals surface area contributed by atoms with Crippen LogP contribution in [-0.4, -0.2) is 22.6 Å². The number of nitrogens with one attached hydrogen (secondary N) is 1. The van der Waals surface area contributed by atoms with Crippen molar-refractivity contribution in [1.82, 2.24) is 14.9 Å². The number of aromatic nitrogens is 2. The molecule has 0 bridgehead atoms. The number of para-hydroxylation sites is 2. The Labute approximate surface area is 105 Å². The number of rotatable bonds is 4. The van der Waals surface area contributed by atoms with Gasteiger partial charge >= 0.3 is 0 Å². The average molecular weight is 239 g/mol. The minimum absolute atomic E-state index is 0.247. The van der Waals surface area contributed by atoms with Crippen LogP contribution in [0.1, 0.15) is 5.82 Å². The Morgan fingerprint density at radius 3 is 2.83 bits per heavy atom. The normalized spacial score (nSPS) is 11.9. The average Bonchev–Trinajstić information content (AvgIpc) is 2.74. The van der Waals surface area contributed by atoms with Crippen molar-refractivity contribution in [2.24, 2.45) is 0 Å². The zero-order valence-corrected chi connectivity index (χ0v) is 10.1. The summed E-state index contributed by atoms with van der Waals surface area (Å²) < 4.78 is 1.93. The molecule has 0 spiro atoms. The Kier molecular flexibility index (Phi) is 3.57. The Bertz CT molecular complexity index is 629. The molecule has 1 aromatic heterocycles. The highest BCUT2D eigenvalue weighted by Crippen LogP contribution is 2.16. The third-order valence-corrected chi connectivity index (χ3v) is 2.84. The predicted molar refractivity (Wildman–Crippen MR) is 67.5 cm³/mol. The number of likely N-dealkylation sites (N-methyl/N-ethyl adjacent to an activating group) is 1. The molecule has 2 rings (SSSR count). The summed E-state index contributed by atoms with van der Waals surface area (Å²) in [6.07, 6.45) is 0.247. The molecular weight excluding hydrogens is 226 g/mol. The Morgan fingerprint density at radius 1 is 1.39 bits per heavy atom. The first-order valence-electron chi connectivity index (χ1n) is 5.68. The second kappa shape index (κ2) is 5.31. The van der Waals surface area contributed by atoms with Gasteiger partial charge in [-0.05, 0) is 19.2 Å². The van der Waals surface area contributed by atoms with Crippen LogP contribution in [0.15, 0.2) is 24.3 Å². The van der Waals surface area contributed by atoms with Crippen LogP contribution < -0.4 is 5.32 Å². The molecule has 0 saturated carbocycles. The number of hydrogen-bond donors (Lipinski definition) is 1. The second-order valence-corrected chi connectivity index (χ2v) is 3.93. The maximum Gasteiger partial charge on any atom is 0.124 e. The monoisotopic (exact) mass is 239 g/mol. The second-order valence-electron chi connectivity index (χ2n) is 3.93. The van der Waals surface area contributed by atoms with Crippen LogP contribution in [0.3, 0.4) is 0 Å². The van der Waals surface area contributed by atoms with Crippen molar-refractivity contribution in [3.05, 3.63) is 30.1 Å². The van der Waals surface area contributed by atoms with E-state index in [1.165, 1.54) is 0 Å². The SMILES string of the molecule is CNC(C#N)Cn1c(CC#N)nc2ccccc21. The first-order valence-corrected chi connectivity index (χ1v) is 5.68. The summed E-state index contributed by atoms with van der Waals surface area (Å²) in [5.74, 6) is 0.703. The molecule has 5 nitrogen and oxygen atoms in total. The highest BCUT2D eigenvalue weighted by molar-refractivity contribution is 5.76. The van der Waals surface area contributed by atoms with Crippen molar-refractivity contribution in [3.8, 4) is 12.1 Å². The lowest BCUT2D eigenvalue weighted by Gasteiger charge is -2.11. The summed E-state index contributed by atoms with van der Waals surface area (Å²) >= 11 is 0. The molecule has 0 saturated heterocycles. The maximum atomic E-state index is 9.01. The fourth-order valence-corrected chi connectivity index (χ4v) is 1.91. The highest BCUT2D eigenvalue weighted by atomic mass is 15.1. The van der Waals surface area contributed by atoms with Crippen molar-refractivity contribution in [2.75, 3.05) is 7.05 Å². The molecule has 0 aliphatic rings. The van der Waals surface area contributed by atoms with Crippen molar-refractivity contribution in [3.63, 3.8) is 0 Å². The molecule has 0 fully saturated rings. The van der Waals surface area contributed by atoms with Crippen molar-refractivity contribution in [2.45, 2.75) is 19.0 Å². The van der Waals surface area contributed by atoms with E-state index in [-0.39, 0.29) is 12.5 Å². The molecule has 1 aromatic carbocycles. The van der Waals surface area contributed by atoms with Gasteiger partial charge in [-0.15, -0.1) is 0 Å². The fraction of sp³-hybridized carbons (Fsp3) is 0.308. The lowest BCUT2D eigenvalue weighted by atomic mass is 10.3. The van der Waals surface area contributed by atoms with Gasteiger partial charge in [0.2, 0.25) is 0 Å². The third-order valence-electron chi connectivity index (χ3n) is 2.84. The van der Waals surface area contributed by atoms with Gasteiger partial charge in [-0.3, -0.25) is 0 Å². The largest absolute Gasteiger partial charge is 0.324 e. The van der Waals surface area contributed by atoms with E-state index >= 15 is 0 Å². The molecule has 18 heavy (non-hydrogen) atoms. The van der Waals surface area contributed by atoms with Gasteiger partial charge in [0.05, 0.1) is 36.1 Å². The standard InChI is InChI=1S/C13H13N5/c1-16-10(8-15)9-18-12-5-3-2-4-11(12)17-13(18)6-7-14/h2-5,10,16H,6,9H2,1H3. The number of benzene rings is 1. The van der Waals surface area contributed by atoms with Gasteiger partial charge in [-0.1, -0.05) is 12.1 Å². The van der Waals surface area contributed by atoms with E-state index in [1.807, 2.05) is 28.8 Å². The highest BCUT2D eigenvalue weighted by Gasteiger charge is 2.13. The predicted octanol–water partition coefficient (Wildman–Crippen LogP) is 1.21. The molecule has 1 unspecified atom stereocenters. The lowest BCUT2D eigenvalue weighted by Crippen LogP contribution is -2.29. The number of nitrogens with zero attached hydrogens (tertiary/aromatic N) is 4. The number of fused-ring (bicyclic) bond motifs is 1. The fourth-order valence-electron chi connectivity index (χ4n) is 1.91. The van der Waals surface area contributed by atoms with E-state index in [9.17, 15) is 0 Å². The van der Waals surface area contributed by atoms with Crippen LogP contribution in [0, 0.1) is 22.7 Å². The van der Waals surface area contributed by atoms with E-state index in [2.05, 4.69) is 22.4 Å². The summed E-state index contributed by atoms with van der Waals surface area (Å²) in [4.78, 5) is 4.43. The number of imidazole rings is 1. The summed E-state index contributed by atoms with van der Waals surface area (Å²) in [6.45, 7) is 0.491. The molecule has 5 heteroatoms. The lowest BCUT2D eigenvalue weighted by molar-refractivity contribution is 0.561. The molecule has 0 aliphatic heterocycles. The summed E-state index contributed by atoms with van der Waals surface area (Å²) in [7, 11) is 1.75. The summed E-state index contributed by atoms with van der Waals surface area (Å²) in [5.41, 5.74) is 1.81. The van der Waals surface area contributed by atoms with E-state index in [0.717, 1.165) is 11.0 Å². The zero-order chi connectivity index (χ0) is 13.0. The van der Waals surface area contributed by atoms with Crippen molar-refractivity contribution < 1.29 is 0 Å². The molecule has 90 valence electrons. The van der Waals surface area contributed by atoms with Gasteiger partial charge < -0.3 is 9.88 Å². The molecule has 0 amide bonds. The number of nitriles is 2. The van der Waals surface area contributed by atoms with E-state index < -0.39 is 0 Å². The third kappa shape index (κ3) is 2.17. The van der Waals surface area contributed by atoms with Gasteiger partial charge in [0.1, 0.15) is 11.9 Å². The van der Waals surface area contributed by atoms with E-state index in [0.29, 0.717) is 12.4 Å². The molecule has 1 N–H and O–H groups in total. The molecule has 1 atom stereocenters. The minimum atomic E-state index is -0.292. The quantitative estimate of drug-likeness (QED) is 0.870. The van der Waals surface area contributed by atoms with Gasteiger partial charge in [0, 0.05) is 0 Å². The molecule has 1 heterocycles. The molecule has 0 aliphatic carbocycles. The van der Waals surface area contributed by atoms with Crippen LogP contribution in [0.5, 0.6) is 0 Å². The van der Waals surface area contributed by atoms with Crippen LogP contribution in [0.25, 0.3) is 11.0 Å². The first kappa shape index (κ1) is 12.1.